The molecule has 0 bridgehead atoms. The van der Waals surface area contributed by atoms with Crippen LogP contribution in [0.5, 0.6) is 5.75 Å². The summed E-state index contributed by atoms with van der Waals surface area (Å²) in [5, 5.41) is 8.19. The van der Waals surface area contributed by atoms with Crippen molar-refractivity contribution in [1.29, 1.82) is 0 Å². The van der Waals surface area contributed by atoms with Gasteiger partial charge in [-0.15, -0.1) is 0 Å². The Bertz CT molecular complexity index is 770. The van der Waals surface area contributed by atoms with Crippen LogP contribution in [-0.4, -0.2) is 11.7 Å². The Kier molecular flexibility index (Phi) is 6.17. The van der Waals surface area contributed by atoms with Crippen LogP contribution < -0.4 is 15.4 Å². The first-order chi connectivity index (χ1) is 12.6. The number of hydrogen-bond donors (Lipinski definition) is 2. The Morgan fingerprint density at radius 1 is 1.15 bits per heavy atom. The fourth-order valence-corrected chi connectivity index (χ4v) is 4.09. The van der Waals surface area contributed by atoms with E-state index in [2.05, 4.69) is 23.3 Å². The van der Waals surface area contributed by atoms with Crippen molar-refractivity contribution in [2.24, 2.45) is 0 Å². The molecule has 0 heterocycles. The molecule has 0 aromatic heterocycles. The van der Waals surface area contributed by atoms with Crippen LogP contribution >= 0.6 is 23.8 Å². The van der Waals surface area contributed by atoms with Gasteiger partial charge >= 0.3 is 0 Å². The Balaban J connectivity index is 1.69. The summed E-state index contributed by atoms with van der Waals surface area (Å²) in [5.41, 5.74) is 1.84. The van der Waals surface area contributed by atoms with Gasteiger partial charge in [0.2, 0.25) is 0 Å². The van der Waals surface area contributed by atoms with Gasteiger partial charge in [0, 0.05) is 10.7 Å². The first-order valence-electron chi connectivity index (χ1n) is 8.81. The second-order valence-electron chi connectivity index (χ2n) is 6.47. The highest BCUT2D eigenvalue weighted by atomic mass is 35.5. The minimum atomic E-state index is -0.199. The standard InChI is InChI=1S/C21H23ClN2OS/c1-2-15-25-17-11-9-16(10-12-17)23-20(26)24-21(13-5-6-14-21)18-7-3-4-8-19(18)22/h2-4,7-12H,1,5-6,13-15H2,(H2,23,24,26). The van der Waals surface area contributed by atoms with Crippen LogP contribution in [0.4, 0.5) is 5.69 Å². The zero-order chi connectivity index (χ0) is 18.4. The van der Waals surface area contributed by atoms with Crippen LogP contribution in [0.1, 0.15) is 31.2 Å². The average molecular weight is 387 g/mol. The molecule has 26 heavy (non-hydrogen) atoms. The molecule has 1 aliphatic rings. The minimum absolute atomic E-state index is 0.199. The molecule has 1 fully saturated rings. The predicted molar refractivity (Wildman–Crippen MR) is 113 cm³/mol. The third-order valence-corrected chi connectivity index (χ3v) is 5.21. The normalized spacial score (nSPS) is 15.3. The highest BCUT2D eigenvalue weighted by molar-refractivity contribution is 7.80. The molecule has 0 atom stereocenters. The van der Waals surface area contributed by atoms with Gasteiger partial charge in [-0.1, -0.05) is 55.3 Å². The lowest BCUT2D eigenvalue weighted by Crippen LogP contribution is -2.45. The molecular formula is C21H23ClN2OS. The van der Waals surface area contributed by atoms with Gasteiger partial charge in [-0.25, -0.2) is 0 Å². The van der Waals surface area contributed by atoms with Crippen molar-refractivity contribution >= 4 is 34.6 Å². The molecule has 1 aliphatic carbocycles. The second kappa shape index (κ2) is 8.56. The maximum atomic E-state index is 6.47. The molecule has 3 rings (SSSR count). The van der Waals surface area contributed by atoms with Crippen LogP contribution in [0.15, 0.2) is 61.2 Å². The molecule has 0 amide bonds. The summed E-state index contributed by atoms with van der Waals surface area (Å²) in [4.78, 5) is 0. The van der Waals surface area contributed by atoms with Gasteiger partial charge in [-0.2, -0.15) is 0 Å². The maximum absolute atomic E-state index is 6.47. The van der Waals surface area contributed by atoms with E-state index in [0.29, 0.717) is 11.7 Å². The van der Waals surface area contributed by atoms with E-state index in [1.165, 1.54) is 0 Å². The van der Waals surface area contributed by atoms with Crippen molar-refractivity contribution in [3.8, 4) is 5.75 Å². The SMILES string of the molecule is C=CCOc1ccc(NC(=S)NC2(c3ccccc3Cl)CCCC2)cc1. The molecule has 1 saturated carbocycles. The molecule has 2 aromatic rings. The lowest BCUT2D eigenvalue weighted by atomic mass is 9.88. The number of ether oxygens (including phenoxy) is 1. The van der Waals surface area contributed by atoms with Crippen molar-refractivity contribution in [2.45, 2.75) is 31.2 Å². The van der Waals surface area contributed by atoms with Crippen molar-refractivity contribution in [3.05, 3.63) is 71.8 Å². The van der Waals surface area contributed by atoms with Gasteiger partial charge in [0.25, 0.3) is 0 Å². The van der Waals surface area contributed by atoms with Gasteiger partial charge in [0.05, 0.1) is 5.54 Å². The van der Waals surface area contributed by atoms with E-state index in [0.717, 1.165) is 47.7 Å². The van der Waals surface area contributed by atoms with E-state index in [1.807, 2.05) is 42.5 Å². The number of anilines is 1. The van der Waals surface area contributed by atoms with Gasteiger partial charge in [0.15, 0.2) is 5.11 Å². The average Bonchev–Trinajstić information content (AvgIpc) is 3.10. The lowest BCUT2D eigenvalue weighted by Gasteiger charge is -2.33. The number of hydrogen-bond acceptors (Lipinski definition) is 2. The van der Waals surface area contributed by atoms with Crippen LogP contribution in [0.2, 0.25) is 5.02 Å². The van der Waals surface area contributed by atoms with E-state index < -0.39 is 0 Å². The van der Waals surface area contributed by atoms with Crippen molar-refractivity contribution in [2.75, 3.05) is 11.9 Å². The molecular weight excluding hydrogens is 364 g/mol. The summed E-state index contributed by atoms with van der Waals surface area (Å²) in [6, 6.07) is 15.7. The zero-order valence-electron chi connectivity index (χ0n) is 14.6. The Hall–Kier alpha value is -2.04. The van der Waals surface area contributed by atoms with Crippen molar-refractivity contribution in [3.63, 3.8) is 0 Å². The Morgan fingerprint density at radius 3 is 2.50 bits per heavy atom. The number of benzene rings is 2. The monoisotopic (exact) mass is 386 g/mol. The second-order valence-corrected chi connectivity index (χ2v) is 7.29. The summed E-state index contributed by atoms with van der Waals surface area (Å²) in [6.07, 6.45) is 6.09. The molecule has 0 unspecified atom stereocenters. The highest BCUT2D eigenvalue weighted by Gasteiger charge is 2.37. The number of halogens is 1. The third-order valence-electron chi connectivity index (χ3n) is 4.68. The third kappa shape index (κ3) is 4.37. The first-order valence-corrected chi connectivity index (χ1v) is 9.59. The topological polar surface area (TPSA) is 33.3 Å². The molecule has 0 spiro atoms. The molecule has 0 radical (unpaired) electrons. The largest absolute Gasteiger partial charge is 0.490 e. The molecule has 2 N–H and O–H groups in total. The fourth-order valence-electron chi connectivity index (χ4n) is 3.46. The van der Waals surface area contributed by atoms with Gasteiger partial charge in [0.1, 0.15) is 12.4 Å². The van der Waals surface area contributed by atoms with Crippen LogP contribution in [0.25, 0.3) is 0 Å². The van der Waals surface area contributed by atoms with E-state index in [4.69, 9.17) is 28.6 Å². The lowest BCUT2D eigenvalue weighted by molar-refractivity contribution is 0.363. The quantitative estimate of drug-likeness (QED) is 0.495. The van der Waals surface area contributed by atoms with Crippen LogP contribution in [0, 0.1) is 0 Å². The summed E-state index contributed by atoms with van der Waals surface area (Å²) >= 11 is 12.1. The molecule has 0 saturated heterocycles. The zero-order valence-corrected chi connectivity index (χ0v) is 16.2. The van der Waals surface area contributed by atoms with E-state index >= 15 is 0 Å². The van der Waals surface area contributed by atoms with Crippen LogP contribution in [-0.2, 0) is 5.54 Å². The molecule has 5 heteroatoms. The maximum Gasteiger partial charge on any atom is 0.171 e. The highest BCUT2D eigenvalue weighted by Crippen LogP contribution is 2.41. The molecule has 136 valence electrons. The molecule has 2 aromatic carbocycles. The molecule has 3 nitrogen and oxygen atoms in total. The molecule has 0 aliphatic heterocycles. The van der Waals surface area contributed by atoms with Gasteiger partial charge in [-0.3, -0.25) is 0 Å². The first kappa shape index (κ1) is 18.7. The predicted octanol–water partition coefficient (Wildman–Crippen LogP) is 5.66. The van der Waals surface area contributed by atoms with E-state index in [1.54, 1.807) is 6.08 Å². The minimum Gasteiger partial charge on any atom is -0.490 e. The fraction of sp³-hybridized carbons (Fsp3) is 0.286. The summed E-state index contributed by atoms with van der Waals surface area (Å²) in [5.74, 6) is 0.803. The summed E-state index contributed by atoms with van der Waals surface area (Å²) in [6.45, 7) is 4.14. The van der Waals surface area contributed by atoms with E-state index in [-0.39, 0.29) is 5.54 Å². The van der Waals surface area contributed by atoms with Crippen molar-refractivity contribution < 1.29 is 4.74 Å². The Labute approximate surface area is 165 Å². The van der Waals surface area contributed by atoms with Crippen LogP contribution in [0.3, 0.4) is 0 Å². The van der Waals surface area contributed by atoms with Gasteiger partial charge in [-0.05, 0) is 61.0 Å². The summed E-state index contributed by atoms with van der Waals surface area (Å²) < 4.78 is 5.50. The summed E-state index contributed by atoms with van der Waals surface area (Å²) in [7, 11) is 0. The number of rotatable bonds is 6. The van der Waals surface area contributed by atoms with E-state index in [9.17, 15) is 0 Å². The van der Waals surface area contributed by atoms with Gasteiger partial charge < -0.3 is 15.4 Å². The number of nitrogens with one attached hydrogen (secondary N) is 2. The Morgan fingerprint density at radius 2 is 1.85 bits per heavy atom. The smallest absolute Gasteiger partial charge is 0.171 e. The number of thiocarbonyl (C=S) groups is 1. The van der Waals surface area contributed by atoms with Crippen molar-refractivity contribution in [1.82, 2.24) is 5.32 Å².